The van der Waals surface area contributed by atoms with Crippen molar-refractivity contribution in [3.05, 3.63) is 93.2 Å². The fourth-order valence-corrected chi connectivity index (χ4v) is 5.22. The molecule has 3 aromatic carbocycles. The number of benzene rings is 3. The zero-order valence-electron chi connectivity index (χ0n) is 22.3. The van der Waals surface area contributed by atoms with Gasteiger partial charge in [-0.25, -0.2) is 4.98 Å². The van der Waals surface area contributed by atoms with Crippen LogP contribution < -0.4 is 20.3 Å². The van der Waals surface area contributed by atoms with E-state index < -0.39 is 0 Å². The molecule has 1 heterocycles. The van der Waals surface area contributed by atoms with Gasteiger partial charge in [0.1, 0.15) is 0 Å². The molecule has 1 amide bonds. The summed E-state index contributed by atoms with van der Waals surface area (Å²) in [7, 11) is 3.17. The van der Waals surface area contributed by atoms with E-state index in [0.29, 0.717) is 64.1 Å². The van der Waals surface area contributed by atoms with Crippen molar-refractivity contribution in [2.24, 2.45) is 0 Å². The van der Waals surface area contributed by atoms with Gasteiger partial charge in [0.15, 0.2) is 22.4 Å². The summed E-state index contributed by atoms with van der Waals surface area (Å²) in [6, 6.07) is 19.5. The molecule has 0 aliphatic rings. The summed E-state index contributed by atoms with van der Waals surface area (Å²) in [4.78, 5) is 43.2. The molecule has 1 N–H and O–H groups in total. The van der Waals surface area contributed by atoms with E-state index in [-0.39, 0.29) is 29.4 Å². The lowest BCUT2D eigenvalue weighted by molar-refractivity contribution is -0.121. The highest BCUT2D eigenvalue weighted by Crippen LogP contribution is 2.27. The number of aromatic nitrogens is 2. The molecule has 0 aliphatic heterocycles. The van der Waals surface area contributed by atoms with Gasteiger partial charge in [-0.15, -0.1) is 0 Å². The summed E-state index contributed by atoms with van der Waals surface area (Å²) in [6.07, 6.45) is 1.34. The highest BCUT2D eigenvalue weighted by atomic mass is 35.5. The van der Waals surface area contributed by atoms with Crippen molar-refractivity contribution in [3.63, 3.8) is 0 Å². The van der Waals surface area contributed by atoms with Crippen molar-refractivity contribution in [2.75, 3.05) is 26.5 Å². The first-order valence-electron chi connectivity index (χ1n) is 12.8. The first-order chi connectivity index (χ1) is 19.4. The number of fused-ring (bicyclic) bond motifs is 1. The summed E-state index contributed by atoms with van der Waals surface area (Å²) >= 11 is 7.14. The SMILES string of the molecule is COc1ccc(CCNC(=O)CCCn2c(SCC(=O)c3ccc(Cl)cc3)nc3ccccc3c2=O)cc1OC. The van der Waals surface area contributed by atoms with Crippen molar-refractivity contribution in [3.8, 4) is 11.5 Å². The third kappa shape index (κ3) is 7.43. The molecule has 8 nitrogen and oxygen atoms in total. The van der Waals surface area contributed by atoms with E-state index in [1.165, 1.54) is 11.8 Å². The number of carbonyl (C=O) groups is 2. The van der Waals surface area contributed by atoms with E-state index >= 15 is 0 Å². The van der Waals surface area contributed by atoms with Crippen LogP contribution in [-0.2, 0) is 17.8 Å². The van der Waals surface area contributed by atoms with Crippen molar-refractivity contribution in [2.45, 2.75) is 31.0 Å². The number of Topliss-reactive ketones (excluding diaryl/α,β-unsaturated/α-hetero) is 1. The number of nitrogens with one attached hydrogen (secondary N) is 1. The maximum Gasteiger partial charge on any atom is 0.262 e. The average molecular weight is 580 g/mol. The van der Waals surface area contributed by atoms with Crippen molar-refractivity contribution in [1.82, 2.24) is 14.9 Å². The van der Waals surface area contributed by atoms with E-state index in [4.69, 9.17) is 21.1 Å². The van der Waals surface area contributed by atoms with Gasteiger partial charge in [-0.05, 0) is 66.9 Å². The Morgan fingerprint density at radius 1 is 1.00 bits per heavy atom. The molecule has 208 valence electrons. The molecule has 0 fully saturated rings. The van der Waals surface area contributed by atoms with Crippen LogP contribution in [0.5, 0.6) is 11.5 Å². The molecule has 10 heteroatoms. The molecule has 1 aromatic heterocycles. The molecular weight excluding hydrogens is 550 g/mol. The third-order valence-electron chi connectivity index (χ3n) is 6.29. The number of rotatable bonds is 13. The number of methoxy groups -OCH3 is 2. The van der Waals surface area contributed by atoms with Crippen molar-refractivity contribution < 1.29 is 19.1 Å². The first kappa shape index (κ1) is 29.2. The zero-order chi connectivity index (χ0) is 28.5. The Labute approximate surface area is 241 Å². The maximum atomic E-state index is 13.3. The topological polar surface area (TPSA) is 99.5 Å². The van der Waals surface area contributed by atoms with Crippen molar-refractivity contribution in [1.29, 1.82) is 0 Å². The molecule has 0 unspecified atom stereocenters. The highest BCUT2D eigenvalue weighted by Gasteiger charge is 2.15. The van der Waals surface area contributed by atoms with Crippen LogP contribution in [0.3, 0.4) is 0 Å². The van der Waals surface area contributed by atoms with E-state index in [2.05, 4.69) is 10.3 Å². The summed E-state index contributed by atoms with van der Waals surface area (Å²) in [5.74, 6) is 1.21. The van der Waals surface area contributed by atoms with Gasteiger partial charge >= 0.3 is 0 Å². The third-order valence-corrected chi connectivity index (χ3v) is 7.52. The lowest BCUT2D eigenvalue weighted by Crippen LogP contribution is -2.27. The Morgan fingerprint density at radius 3 is 2.50 bits per heavy atom. The Kier molecular flexibility index (Phi) is 10.2. The summed E-state index contributed by atoms with van der Waals surface area (Å²) in [5, 5.41) is 4.43. The van der Waals surface area contributed by atoms with Crippen LogP contribution >= 0.6 is 23.4 Å². The van der Waals surface area contributed by atoms with Crippen LogP contribution in [-0.4, -0.2) is 47.8 Å². The number of thioether (sulfide) groups is 1. The summed E-state index contributed by atoms with van der Waals surface area (Å²) in [6.45, 7) is 0.775. The van der Waals surface area contributed by atoms with E-state index in [1.807, 2.05) is 24.3 Å². The minimum atomic E-state index is -0.194. The molecule has 0 aliphatic carbocycles. The standard InChI is InChI=1S/C30H30ClN3O5S/c1-38-26-14-9-20(18-27(26)39-2)15-16-32-28(36)8-5-17-34-29(37)23-6-3-4-7-24(23)33-30(34)40-19-25(35)21-10-12-22(31)13-11-21/h3-4,6-7,9-14,18H,5,8,15-17,19H2,1-2H3,(H,32,36). The van der Waals surface area contributed by atoms with E-state index in [1.54, 1.807) is 61.3 Å². The van der Waals surface area contributed by atoms with Gasteiger partial charge in [-0.3, -0.25) is 19.0 Å². The van der Waals surface area contributed by atoms with Gasteiger partial charge in [0, 0.05) is 30.1 Å². The fraction of sp³-hybridized carbons (Fsp3) is 0.267. The minimum Gasteiger partial charge on any atom is -0.493 e. The van der Waals surface area contributed by atoms with Crippen LogP contribution in [0.1, 0.15) is 28.8 Å². The Hall–Kier alpha value is -3.82. The second-order valence-corrected chi connectivity index (χ2v) is 10.4. The van der Waals surface area contributed by atoms with Crippen LogP contribution in [0.2, 0.25) is 5.02 Å². The maximum absolute atomic E-state index is 13.3. The molecule has 40 heavy (non-hydrogen) atoms. The number of ketones is 1. The minimum absolute atomic E-state index is 0.0931. The van der Waals surface area contributed by atoms with Gasteiger partial charge in [0.2, 0.25) is 5.91 Å². The van der Waals surface area contributed by atoms with E-state index in [0.717, 1.165) is 5.56 Å². The predicted octanol–water partition coefficient (Wildman–Crippen LogP) is 5.18. The van der Waals surface area contributed by atoms with Gasteiger partial charge in [-0.1, -0.05) is 41.6 Å². The first-order valence-corrected chi connectivity index (χ1v) is 14.1. The Bertz CT molecular complexity index is 1560. The molecule has 0 saturated heterocycles. The van der Waals surface area contributed by atoms with Gasteiger partial charge in [-0.2, -0.15) is 0 Å². The van der Waals surface area contributed by atoms with Gasteiger partial charge in [0.05, 0.1) is 30.9 Å². The molecule has 4 rings (SSSR count). The van der Waals surface area contributed by atoms with Gasteiger partial charge < -0.3 is 14.8 Å². The van der Waals surface area contributed by atoms with E-state index in [9.17, 15) is 14.4 Å². The Morgan fingerprint density at radius 2 is 1.75 bits per heavy atom. The number of amides is 1. The largest absolute Gasteiger partial charge is 0.493 e. The molecular formula is C30H30ClN3O5S. The highest BCUT2D eigenvalue weighted by molar-refractivity contribution is 7.99. The monoisotopic (exact) mass is 579 g/mol. The Balaban J connectivity index is 1.36. The molecule has 0 radical (unpaired) electrons. The number of ether oxygens (including phenoxy) is 2. The number of hydrogen-bond acceptors (Lipinski definition) is 7. The summed E-state index contributed by atoms with van der Waals surface area (Å²) < 4.78 is 12.1. The number of halogens is 1. The second kappa shape index (κ2) is 14.0. The number of para-hydroxylation sites is 1. The van der Waals surface area contributed by atoms with Gasteiger partial charge in [0.25, 0.3) is 5.56 Å². The number of nitrogens with zero attached hydrogens (tertiary/aromatic N) is 2. The average Bonchev–Trinajstić information content (AvgIpc) is 2.97. The normalized spacial score (nSPS) is 10.9. The summed E-state index contributed by atoms with van der Waals surface area (Å²) in [5.41, 5.74) is 1.93. The van der Waals surface area contributed by atoms with Crippen LogP contribution in [0.4, 0.5) is 0 Å². The predicted molar refractivity (Wildman–Crippen MR) is 158 cm³/mol. The van der Waals surface area contributed by atoms with Crippen LogP contribution in [0, 0.1) is 0 Å². The lowest BCUT2D eigenvalue weighted by atomic mass is 10.1. The fourth-order valence-electron chi connectivity index (χ4n) is 4.17. The smallest absolute Gasteiger partial charge is 0.262 e. The molecule has 0 saturated carbocycles. The second-order valence-electron chi connectivity index (χ2n) is 8.98. The molecule has 0 bridgehead atoms. The molecule has 0 spiro atoms. The quantitative estimate of drug-likeness (QED) is 0.132. The van der Waals surface area contributed by atoms with Crippen LogP contribution in [0.25, 0.3) is 10.9 Å². The molecule has 4 aromatic rings. The zero-order valence-corrected chi connectivity index (χ0v) is 23.9. The molecule has 0 atom stereocenters. The number of hydrogen-bond donors (Lipinski definition) is 1. The number of carbonyl (C=O) groups excluding carboxylic acids is 2. The van der Waals surface area contributed by atoms with Crippen molar-refractivity contribution >= 4 is 46.0 Å². The van der Waals surface area contributed by atoms with Crippen LogP contribution in [0.15, 0.2) is 76.7 Å². The lowest BCUT2D eigenvalue weighted by Gasteiger charge is -2.13.